The Hall–Kier alpha value is -1.19. The summed E-state index contributed by atoms with van der Waals surface area (Å²) < 4.78 is 14.5. The van der Waals surface area contributed by atoms with Gasteiger partial charge in [-0.1, -0.05) is 34.1 Å². The number of aryl methyl sites for hydroxylation is 1. The first kappa shape index (κ1) is 16.7. The van der Waals surface area contributed by atoms with E-state index in [1.807, 2.05) is 12.1 Å². The molecule has 1 atom stereocenters. The molecule has 0 heterocycles. The van der Waals surface area contributed by atoms with E-state index in [1.165, 1.54) is 16.7 Å². The zero-order valence-electron chi connectivity index (χ0n) is 13.8. The second-order valence-electron chi connectivity index (χ2n) is 6.80. The first-order chi connectivity index (χ1) is 11.0. The van der Waals surface area contributed by atoms with Crippen LogP contribution in [0.4, 0.5) is 4.39 Å². The molecule has 2 aromatic rings. The predicted molar refractivity (Wildman–Crippen MR) is 97.4 cm³/mol. The zero-order chi connectivity index (χ0) is 16.4. The van der Waals surface area contributed by atoms with Gasteiger partial charge >= 0.3 is 0 Å². The molecule has 3 rings (SSSR count). The molecule has 23 heavy (non-hydrogen) atoms. The SMILES string of the molecule is CN(C)CCCC1(c2ccc(F)cc2)CCc2cc(Br)ccc21. The van der Waals surface area contributed by atoms with Gasteiger partial charge in [0.15, 0.2) is 0 Å². The number of halogens is 2. The lowest BCUT2D eigenvalue weighted by Crippen LogP contribution is -2.26. The van der Waals surface area contributed by atoms with Crippen molar-refractivity contribution in [3.05, 3.63) is 69.4 Å². The molecule has 3 heteroatoms. The Morgan fingerprint density at radius 1 is 1.13 bits per heavy atom. The van der Waals surface area contributed by atoms with E-state index in [4.69, 9.17) is 0 Å². The van der Waals surface area contributed by atoms with Crippen molar-refractivity contribution >= 4 is 15.9 Å². The number of rotatable bonds is 5. The van der Waals surface area contributed by atoms with Gasteiger partial charge in [0.05, 0.1) is 0 Å². The van der Waals surface area contributed by atoms with Crippen LogP contribution in [0, 0.1) is 5.82 Å². The minimum absolute atomic E-state index is 0.0275. The highest BCUT2D eigenvalue weighted by Crippen LogP contribution is 2.48. The fourth-order valence-electron chi connectivity index (χ4n) is 3.89. The van der Waals surface area contributed by atoms with Crippen LogP contribution in [0.25, 0.3) is 0 Å². The Morgan fingerprint density at radius 3 is 2.57 bits per heavy atom. The molecule has 1 aliphatic rings. The van der Waals surface area contributed by atoms with E-state index in [-0.39, 0.29) is 11.2 Å². The number of hydrogen-bond acceptors (Lipinski definition) is 1. The predicted octanol–water partition coefficient (Wildman–Crippen LogP) is 5.16. The van der Waals surface area contributed by atoms with Crippen LogP contribution in [0.2, 0.25) is 0 Å². The molecule has 1 nitrogen and oxygen atoms in total. The maximum Gasteiger partial charge on any atom is 0.123 e. The summed E-state index contributed by atoms with van der Waals surface area (Å²) in [4.78, 5) is 2.23. The summed E-state index contributed by atoms with van der Waals surface area (Å²) in [6, 6.07) is 13.8. The van der Waals surface area contributed by atoms with Gasteiger partial charge < -0.3 is 4.90 Å². The fourth-order valence-corrected chi connectivity index (χ4v) is 4.30. The molecule has 0 fully saturated rings. The van der Waals surface area contributed by atoms with Crippen LogP contribution >= 0.6 is 15.9 Å². The molecule has 1 unspecified atom stereocenters. The normalized spacial score (nSPS) is 20.0. The van der Waals surface area contributed by atoms with Crippen LogP contribution in [0.5, 0.6) is 0 Å². The summed E-state index contributed by atoms with van der Waals surface area (Å²) in [5.41, 5.74) is 4.12. The van der Waals surface area contributed by atoms with Crippen molar-refractivity contribution in [3.8, 4) is 0 Å². The summed E-state index contributed by atoms with van der Waals surface area (Å²) in [5, 5.41) is 0. The van der Waals surface area contributed by atoms with Crippen molar-refractivity contribution in [1.82, 2.24) is 4.90 Å². The number of nitrogens with zero attached hydrogens (tertiary/aromatic N) is 1. The zero-order valence-corrected chi connectivity index (χ0v) is 15.4. The molecular formula is C20H23BrFN. The van der Waals surface area contributed by atoms with Gasteiger partial charge in [0.25, 0.3) is 0 Å². The number of fused-ring (bicyclic) bond motifs is 1. The van der Waals surface area contributed by atoms with Crippen molar-refractivity contribution in [1.29, 1.82) is 0 Å². The molecular weight excluding hydrogens is 353 g/mol. The van der Waals surface area contributed by atoms with Gasteiger partial charge in [-0.2, -0.15) is 0 Å². The largest absolute Gasteiger partial charge is 0.309 e. The third-order valence-corrected chi connectivity index (χ3v) is 5.50. The van der Waals surface area contributed by atoms with Gasteiger partial charge in [0, 0.05) is 9.89 Å². The summed E-state index contributed by atoms with van der Waals surface area (Å²) in [7, 11) is 4.23. The first-order valence-corrected chi connectivity index (χ1v) is 9.00. The Balaban J connectivity index is 2.00. The van der Waals surface area contributed by atoms with Crippen LogP contribution < -0.4 is 0 Å². The summed E-state index contributed by atoms with van der Waals surface area (Å²) in [6.07, 6.45) is 4.44. The molecule has 2 aromatic carbocycles. The summed E-state index contributed by atoms with van der Waals surface area (Å²) in [6.45, 7) is 1.08. The topological polar surface area (TPSA) is 3.24 Å². The van der Waals surface area contributed by atoms with Crippen molar-refractivity contribution in [2.24, 2.45) is 0 Å². The minimum atomic E-state index is -0.161. The standard InChI is InChI=1S/C20H23BrFN/c1-23(2)13-3-11-20(16-4-7-18(22)8-5-16)12-10-15-14-17(21)6-9-19(15)20/h4-9,14H,3,10-13H2,1-2H3. The third-order valence-electron chi connectivity index (χ3n) is 5.01. The van der Waals surface area contributed by atoms with Crippen LogP contribution in [0.1, 0.15) is 36.0 Å². The first-order valence-electron chi connectivity index (χ1n) is 8.21. The van der Waals surface area contributed by atoms with E-state index in [0.717, 1.165) is 36.7 Å². The second-order valence-corrected chi connectivity index (χ2v) is 7.71. The summed E-state index contributed by atoms with van der Waals surface area (Å²) in [5.74, 6) is -0.161. The van der Waals surface area contributed by atoms with E-state index < -0.39 is 0 Å². The highest BCUT2D eigenvalue weighted by Gasteiger charge is 2.39. The van der Waals surface area contributed by atoms with Crippen molar-refractivity contribution in [2.75, 3.05) is 20.6 Å². The van der Waals surface area contributed by atoms with Gasteiger partial charge in [-0.05, 0) is 87.3 Å². The minimum Gasteiger partial charge on any atom is -0.309 e. The lowest BCUT2D eigenvalue weighted by atomic mass is 9.72. The van der Waals surface area contributed by atoms with Gasteiger partial charge in [-0.25, -0.2) is 4.39 Å². The van der Waals surface area contributed by atoms with E-state index in [0.29, 0.717) is 0 Å². The average Bonchev–Trinajstić information content (AvgIpc) is 2.87. The molecule has 0 amide bonds. The molecule has 0 radical (unpaired) electrons. The highest BCUT2D eigenvalue weighted by atomic mass is 79.9. The van der Waals surface area contributed by atoms with Crippen LogP contribution in [-0.2, 0) is 11.8 Å². The molecule has 0 saturated carbocycles. The molecule has 0 spiro atoms. The van der Waals surface area contributed by atoms with E-state index in [9.17, 15) is 4.39 Å². The Labute approximate surface area is 146 Å². The van der Waals surface area contributed by atoms with Gasteiger partial charge in [-0.15, -0.1) is 0 Å². The maximum absolute atomic E-state index is 13.4. The van der Waals surface area contributed by atoms with Gasteiger partial charge in [0.2, 0.25) is 0 Å². The van der Waals surface area contributed by atoms with Crippen molar-refractivity contribution in [3.63, 3.8) is 0 Å². The highest BCUT2D eigenvalue weighted by molar-refractivity contribution is 9.10. The lowest BCUT2D eigenvalue weighted by Gasteiger charge is -2.32. The number of hydrogen-bond donors (Lipinski definition) is 0. The average molecular weight is 376 g/mol. The van der Waals surface area contributed by atoms with Crippen LogP contribution in [0.15, 0.2) is 46.9 Å². The lowest BCUT2D eigenvalue weighted by molar-refractivity contribution is 0.359. The summed E-state index contributed by atoms with van der Waals surface area (Å²) >= 11 is 3.58. The maximum atomic E-state index is 13.4. The quantitative estimate of drug-likeness (QED) is 0.697. The van der Waals surface area contributed by atoms with Crippen molar-refractivity contribution < 1.29 is 4.39 Å². The van der Waals surface area contributed by atoms with Crippen LogP contribution in [-0.4, -0.2) is 25.5 Å². The molecule has 0 bridgehead atoms. The second kappa shape index (κ2) is 6.74. The monoisotopic (exact) mass is 375 g/mol. The molecule has 1 aliphatic carbocycles. The number of benzene rings is 2. The molecule has 0 aromatic heterocycles. The third kappa shape index (κ3) is 3.36. The van der Waals surface area contributed by atoms with E-state index >= 15 is 0 Å². The van der Waals surface area contributed by atoms with Gasteiger partial charge in [0.1, 0.15) is 5.82 Å². The Morgan fingerprint density at radius 2 is 1.87 bits per heavy atom. The van der Waals surface area contributed by atoms with Crippen LogP contribution in [0.3, 0.4) is 0 Å². The molecule has 122 valence electrons. The molecule has 0 N–H and O–H groups in total. The van der Waals surface area contributed by atoms with Gasteiger partial charge in [-0.3, -0.25) is 0 Å². The Bertz CT molecular complexity index is 681. The smallest absolute Gasteiger partial charge is 0.123 e. The Kier molecular flexibility index (Phi) is 4.88. The van der Waals surface area contributed by atoms with E-state index in [1.54, 1.807) is 12.1 Å². The van der Waals surface area contributed by atoms with Crippen molar-refractivity contribution in [2.45, 2.75) is 31.1 Å². The molecule has 0 saturated heterocycles. The fraction of sp³-hybridized carbons (Fsp3) is 0.400. The van der Waals surface area contributed by atoms with E-state index in [2.05, 4.69) is 53.1 Å². The molecule has 0 aliphatic heterocycles.